The van der Waals surface area contributed by atoms with Gasteiger partial charge >= 0.3 is 0 Å². The largest absolute Gasteiger partial charge is 0.370 e. The van der Waals surface area contributed by atoms with E-state index in [1.54, 1.807) is 6.20 Å². The van der Waals surface area contributed by atoms with Gasteiger partial charge in [0.05, 0.1) is 0 Å². The van der Waals surface area contributed by atoms with Gasteiger partial charge in [0.1, 0.15) is 5.82 Å². The number of anilines is 2. The first kappa shape index (κ1) is 12.1. The zero-order chi connectivity index (χ0) is 12.1. The Hall–Kier alpha value is -1.32. The monoisotopic (exact) mass is 234 g/mol. The molecule has 0 aromatic carbocycles. The van der Waals surface area contributed by atoms with Gasteiger partial charge < -0.3 is 11.1 Å². The summed E-state index contributed by atoms with van der Waals surface area (Å²) in [4.78, 5) is 8.17. The van der Waals surface area contributed by atoms with Crippen LogP contribution in [0.1, 0.15) is 44.1 Å². The third-order valence-corrected chi connectivity index (χ3v) is 3.56. The van der Waals surface area contributed by atoms with Crippen molar-refractivity contribution >= 4 is 11.8 Å². The van der Waals surface area contributed by atoms with Crippen LogP contribution in [0.15, 0.2) is 6.20 Å². The van der Waals surface area contributed by atoms with Gasteiger partial charge in [0.15, 0.2) is 0 Å². The molecule has 0 unspecified atom stereocenters. The predicted octanol–water partition coefficient (Wildman–Crippen LogP) is 2.75. The van der Waals surface area contributed by atoms with E-state index in [0.29, 0.717) is 5.95 Å². The lowest BCUT2D eigenvalue weighted by molar-refractivity contribution is 0.345. The molecule has 1 aromatic rings. The Labute approximate surface area is 103 Å². The fourth-order valence-corrected chi connectivity index (χ4v) is 2.51. The van der Waals surface area contributed by atoms with Crippen LogP contribution in [0.5, 0.6) is 0 Å². The smallest absolute Gasteiger partial charge is 0.221 e. The third-order valence-electron chi connectivity index (χ3n) is 3.56. The maximum Gasteiger partial charge on any atom is 0.221 e. The first-order valence-corrected chi connectivity index (χ1v) is 6.58. The van der Waals surface area contributed by atoms with E-state index in [2.05, 4.69) is 15.3 Å². The van der Waals surface area contributed by atoms with Crippen LogP contribution >= 0.6 is 0 Å². The summed E-state index contributed by atoms with van der Waals surface area (Å²) < 4.78 is 0. The minimum Gasteiger partial charge on any atom is -0.370 e. The molecule has 3 N–H and O–H groups in total. The van der Waals surface area contributed by atoms with Crippen molar-refractivity contribution < 1.29 is 0 Å². The zero-order valence-electron chi connectivity index (χ0n) is 10.6. The highest BCUT2D eigenvalue weighted by Crippen LogP contribution is 2.26. The molecule has 17 heavy (non-hydrogen) atoms. The number of nitrogens with two attached hydrogens (primary N) is 1. The summed E-state index contributed by atoms with van der Waals surface area (Å²) in [6.45, 7) is 2.99. The summed E-state index contributed by atoms with van der Waals surface area (Å²) in [5.41, 5.74) is 6.64. The number of rotatable bonds is 4. The second-order valence-corrected chi connectivity index (χ2v) is 4.98. The van der Waals surface area contributed by atoms with Gasteiger partial charge in [-0.1, -0.05) is 32.1 Å². The summed E-state index contributed by atoms with van der Waals surface area (Å²) in [5.74, 6) is 2.12. The van der Waals surface area contributed by atoms with Crippen LogP contribution in [-0.4, -0.2) is 16.5 Å². The van der Waals surface area contributed by atoms with Crippen LogP contribution in [0, 0.1) is 12.8 Å². The molecule has 1 aliphatic carbocycles. The van der Waals surface area contributed by atoms with Crippen molar-refractivity contribution in [2.24, 2.45) is 5.92 Å². The lowest BCUT2D eigenvalue weighted by Gasteiger charge is -2.21. The van der Waals surface area contributed by atoms with Crippen LogP contribution in [-0.2, 0) is 0 Å². The first-order chi connectivity index (χ1) is 8.25. The van der Waals surface area contributed by atoms with Gasteiger partial charge in [-0.3, -0.25) is 0 Å². The SMILES string of the molecule is Cc1cnc(N)nc1NCCC1CCCCC1. The summed E-state index contributed by atoms with van der Waals surface area (Å²) >= 11 is 0. The molecule has 2 rings (SSSR count). The molecule has 1 aromatic heterocycles. The van der Waals surface area contributed by atoms with Gasteiger partial charge in [0.2, 0.25) is 5.95 Å². The standard InChI is InChI=1S/C13H22N4/c1-10-9-16-13(14)17-12(10)15-8-7-11-5-3-2-4-6-11/h9,11H,2-8H2,1H3,(H3,14,15,16,17). The summed E-state index contributed by atoms with van der Waals surface area (Å²) in [5, 5.41) is 3.37. The number of hydrogen-bond donors (Lipinski definition) is 2. The maximum atomic E-state index is 5.58. The predicted molar refractivity (Wildman–Crippen MR) is 70.9 cm³/mol. The molecule has 1 aliphatic rings. The number of hydrogen-bond acceptors (Lipinski definition) is 4. The molecule has 94 valence electrons. The highest BCUT2D eigenvalue weighted by atomic mass is 15.1. The quantitative estimate of drug-likeness (QED) is 0.840. The van der Waals surface area contributed by atoms with E-state index in [9.17, 15) is 0 Å². The average Bonchev–Trinajstić information content (AvgIpc) is 2.35. The van der Waals surface area contributed by atoms with Crippen LogP contribution in [0.4, 0.5) is 11.8 Å². The van der Waals surface area contributed by atoms with Crippen molar-refractivity contribution in [2.75, 3.05) is 17.6 Å². The maximum absolute atomic E-state index is 5.58. The van der Waals surface area contributed by atoms with Crippen molar-refractivity contribution in [3.05, 3.63) is 11.8 Å². The fourth-order valence-electron chi connectivity index (χ4n) is 2.51. The molecule has 1 fully saturated rings. The van der Waals surface area contributed by atoms with Crippen LogP contribution in [0.25, 0.3) is 0 Å². The number of aromatic nitrogens is 2. The van der Waals surface area contributed by atoms with Gasteiger partial charge in [-0.05, 0) is 19.3 Å². The molecule has 0 spiro atoms. The van der Waals surface area contributed by atoms with E-state index in [0.717, 1.165) is 23.8 Å². The molecule has 0 amide bonds. The minimum atomic E-state index is 0.343. The topological polar surface area (TPSA) is 63.8 Å². The zero-order valence-corrected chi connectivity index (χ0v) is 10.6. The normalized spacial score (nSPS) is 17.0. The molecule has 0 aliphatic heterocycles. The Bertz CT molecular complexity index is 358. The number of nitrogens with zero attached hydrogens (tertiary/aromatic N) is 2. The molecule has 1 saturated carbocycles. The number of aryl methyl sites for hydroxylation is 1. The van der Waals surface area contributed by atoms with E-state index in [4.69, 9.17) is 5.73 Å². The number of nitrogens with one attached hydrogen (secondary N) is 1. The molecule has 1 heterocycles. The van der Waals surface area contributed by atoms with Gasteiger partial charge in [0, 0.05) is 18.3 Å². The Kier molecular flexibility index (Phi) is 4.18. The molecule has 4 heteroatoms. The minimum absolute atomic E-state index is 0.343. The van der Waals surface area contributed by atoms with E-state index in [-0.39, 0.29) is 0 Å². The second kappa shape index (κ2) is 5.84. The Morgan fingerprint density at radius 2 is 2.12 bits per heavy atom. The van der Waals surface area contributed by atoms with Crippen molar-refractivity contribution in [1.82, 2.24) is 9.97 Å². The van der Waals surface area contributed by atoms with Gasteiger partial charge in [0.25, 0.3) is 0 Å². The lowest BCUT2D eigenvalue weighted by atomic mass is 9.87. The fraction of sp³-hybridized carbons (Fsp3) is 0.692. The molecule has 0 atom stereocenters. The van der Waals surface area contributed by atoms with Crippen molar-refractivity contribution in [2.45, 2.75) is 45.4 Å². The lowest BCUT2D eigenvalue weighted by Crippen LogP contribution is -2.13. The van der Waals surface area contributed by atoms with E-state index in [1.807, 2.05) is 6.92 Å². The second-order valence-electron chi connectivity index (χ2n) is 4.98. The van der Waals surface area contributed by atoms with E-state index in [1.165, 1.54) is 38.5 Å². The first-order valence-electron chi connectivity index (χ1n) is 6.58. The van der Waals surface area contributed by atoms with Gasteiger partial charge in [-0.15, -0.1) is 0 Å². The van der Waals surface area contributed by atoms with E-state index < -0.39 is 0 Å². The Morgan fingerprint density at radius 3 is 2.88 bits per heavy atom. The molecule has 0 saturated heterocycles. The molecule has 0 bridgehead atoms. The molecular formula is C13H22N4. The van der Waals surface area contributed by atoms with Crippen molar-refractivity contribution in [1.29, 1.82) is 0 Å². The highest BCUT2D eigenvalue weighted by molar-refractivity contribution is 5.44. The average molecular weight is 234 g/mol. The highest BCUT2D eigenvalue weighted by Gasteiger charge is 2.12. The van der Waals surface area contributed by atoms with Crippen LogP contribution in [0.3, 0.4) is 0 Å². The Balaban J connectivity index is 1.79. The summed E-state index contributed by atoms with van der Waals surface area (Å²) in [6, 6.07) is 0. The Morgan fingerprint density at radius 1 is 1.35 bits per heavy atom. The van der Waals surface area contributed by atoms with Crippen LogP contribution < -0.4 is 11.1 Å². The van der Waals surface area contributed by atoms with Crippen molar-refractivity contribution in [3.63, 3.8) is 0 Å². The van der Waals surface area contributed by atoms with Gasteiger partial charge in [-0.25, -0.2) is 4.98 Å². The molecular weight excluding hydrogens is 212 g/mol. The number of nitrogen functional groups attached to an aromatic ring is 1. The van der Waals surface area contributed by atoms with Crippen LogP contribution in [0.2, 0.25) is 0 Å². The summed E-state index contributed by atoms with van der Waals surface area (Å²) in [7, 11) is 0. The van der Waals surface area contributed by atoms with Gasteiger partial charge in [-0.2, -0.15) is 4.98 Å². The molecule has 4 nitrogen and oxygen atoms in total. The van der Waals surface area contributed by atoms with E-state index >= 15 is 0 Å². The van der Waals surface area contributed by atoms with Crippen molar-refractivity contribution in [3.8, 4) is 0 Å². The summed E-state index contributed by atoms with van der Waals surface area (Å²) in [6.07, 6.45) is 10.0. The molecule has 0 radical (unpaired) electrons. The third kappa shape index (κ3) is 3.58.